The molecule has 0 spiro atoms. The smallest absolute Gasteiger partial charge is 0.0181 e. The van der Waals surface area contributed by atoms with Gasteiger partial charge in [-0.1, -0.05) is 60.7 Å². The van der Waals surface area contributed by atoms with Crippen molar-refractivity contribution in [3.8, 4) is 0 Å². The van der Waals surface area contributed by atoms with E-state index in [1.807, 2.05) is 6.07 Å². The van der Waals surface area contributed by atoms with E-state index < -0.39 is 0 Å². The van der Waals surface area contributed by atoms with Crippen LogP contribution in [-0.2, 0) is 0 Å². The average Bonchev–Trinajstić information content (AvgIpc) is 2.31. The Bertz CT molecular complexity index is 536. The molecule has 0 amide bonds. The van der Waals surface area contributed by atoms with Gasteiger partial charge in [0.15, 0.2) is 0 Å². The molecular formula is C15H14. The SMILES string of the molecule is C/C=c1/cccc/c1=C\c1ccccc1. The molecule has 0 nitrogen and oxygen atoms in total. The lowest BCUT2D eigenvalue weighted by Gasteiger charge is -1.92. The molecule has 0 saturated heterocycles. The maximum absolute atomic E-state index is 2.20. The minimum absolute atomic E-state index is 1.24. The molecule has 0 heteroatoms. The molecule has 0 aliphatic rings. The second-order valence-corrected chi connectivity index (χ2v) is 3.47. The summed E-state index contributed by atoms with van der Waals surface area (Å²) < 4.78 is 0. The second kappa shape index (κ2) is 4.61. The van der Waals surface area contributed by atoms with Gasteiger partial charge in [-0.15, -0.1) is 0 Å². The zero-order valence-electron chi connectivity index (χ0n) is 8.85. The Kier molecular flexibility index (Phi) is 2.99. The van der Waals surface area contributed by atoms with Crippen LogP contribution in [0.3, 0.4) is 0 Å². The van der Waals surface area contributed by atoms with E-state index in [1.165, 1.54) is 16.0 Å². The van der Waals surface area contributed by atoms with E-state index in [0.717, 1.165) is 0 Å². The summed E-state index contributed by atoms with van der Waals surface area (Å²) in [6.07, 6.45) is 4.34. The lowest BCUT2D eigenvalue weighted by Crippen LogP contribution is -2.23. The van der Waals surface area contributed by atoms with E-state index in [0.29, 0.717) is 0 Å². The lowest BCUT2D eigenvalue weighted by atomic mass is 10.1. The first-order valence-corrected chi connectivity index (χ1v) is 5.18. The molecular weight excluding hydrogens is 180 g/mol. The van der Waals surface area contributed by atoms with Gasteiger partial charge in [0, 0.05) is 0 Å². The van der Waals surface area contributed by atoms with E-state index in [2.05, 4.69) is 67.6 Å². The average molecular weight is 194 g/mol. The van der Waals surface area contributed by atoms with Crippen molar-refractivity contribution < 1.29 is 0 Å². The lowest BCUT2D eigenvalue weighted by molar-refractivity contribution is 1.49. The molecule has 2 aromatic carbocycles. The minimum Gasteiger partial charge on any atom is -0.0798 e. The van der Waals surface area contributed by atoms with Crippen LogP contribution in [-0.4, -0.2) is 0 Å². The van der Waals surface area contributed by atoms with Crippen LogP contribution in [0.25, 0.3) is 12.2 Å². The van der Waals surface area contributed by atoms with Gasteiger partial charge in [0.1, 0.15) is 0 Å². The molecule has 0 aliphatic carbocycles. The van der Waals surface area contributed by atoms with E-state index in [9.17, 15) is 0 Å². The highest BCUT2D eigenvalue weighted by atomic mass is 13.9. The summed E-state index contributed by atoms with van der Waals surface area (Å²) in [5, 5.41) is 2.55. The zero-order valence-corrected chi connectivity index (χ0v) is 8.85. The third kappa shape index (κ3) is 2.35. The zero-order chi connectivity index (χ0) is 10.5. The van der Waals surface area contributed by atoms with Gasteiger partial charge in [0.2, 0.25) is 0 Å². The maximum atomic E-state index is 2.20. The second-order valence-electron chi connectivity index (χ2n) is 3.47. The topological polar surface area (TPSA) is 0 Å². The number of hydrogen-bond donors (Lipinski definition) is 0. The molecule has 2 rings (SSSR count). The molecule has 15 heavy (non-hydrogen) atoms. The van der Waals surface area contributed by atoms with Crippen molar-refractivity contribution in [3.63, 3.8) is 0 Å². The maximum Gasteiger partial charge on any atom is -0.0181 e. The Balaban J connectivity index is 2.60. The molecule has 0 radical (unpaired) electrons. The molecule has 2 aromatic rings. The van der Waals surface area contributed by atoms with Crippen molar-refractivity contribution in [2.24, 2.45) is 0 Å². The van der Waals surface area contributed by atoms with Gasteiger partial charge in [-0.05, 0) is 29.0 Å². The monoisotopic (exact) mass is 194 g/mol. The first kappa shape index (κ1) is 9.72. The summed E-state index contributed by atoms with van der Waals surface area (Å²) in [4.78, 5) is 0. The van der Waals surface area contributed by atoms with Crippen LogP contribution in [0, 0.1) is 0 Å². The highest BCUT2D eigenvalue weighted by Crippen LogP contribution is 1.97. The fourth-order valence-corrected chi connectivity index (χ4v) is 1.63. The van der Waals surface area contributed by atoms with Crippen molar-refractivity contribution >= 4 is 12.2 Å². The molecule has 0 fully saturated rings. The molecule has 0 aromatic heterocycles. The van der Waals surface area contributed by atoms with Crippen LogP contribution in [0.1, 0.15) is 12.5 Å². The van der Waals surface area contributed by atoms with Gasteiger partial charge in [0.05, 0.1) is 0 Å². The number of rotatable bonds is 1. The van der Waals surface area contributed by atoms with Gasteiger partial charge in [-0.3, -0.25) is 0 Å². The minimum atomic E-state index is 1.24. The van der Waals surface area contributed by atoms with Gasteiger partial charge in [-0.25, -0.2) is 0 Å². The third-order valence-electron chi connectivity index (χ3n) is 2.43. The first-order chi connectivity index (χ1) is 7.40. The number of benzene rings is 2. The van der Waals surface area contributed by atoms with Crippen LogP contribution < -0.4 is 10.4 Å². The largest absolute Gasteiger partial charge is 0.0798 e. The predicted octanol–water partition coefficient (Wildman–Crippen LogP) is 2.32. The Morgan fingerprint density at radius 2 is 1.33 bits per heavy atom. The van der Waals surface area contributed by atoms with Crippen molar-refractivity contribution in [1.82, 2.24) is 0 Å². The summed E-state index contributed by atoms with van der Waals surface area (Å²) in [5.74, 6) is 0. The van der Waals surface area contributed by atoms with Crippen molar-refractivity contribution in [1.29, 1.82) is 0 Å². The Labute approximate surface area is 90.2 Å². The summed E-state index contributed by atoms with van der Waals surface area (Å²) >= 11 is 0. The van der Waals surface area contributed by atoms with Crippen LogP contribution in [0.2, 0.25) is 0 Å². The number of hydrogen-bond acceptors (Lipinski definition) is 0. The normalized spacial score (nSPS) is 13.1. The van der Waals surface area contributed by atoms with Gasteiger partial charge >= 0.3 is 0 Å². The third-order valence-corrected chi connectivity index (χ3v) is 2.43. The first-order valence-electron chi connectivity index (χ1n) is 5.18. The van der Waals surface area contributed by atoms with Gasteiger partial charge < -0.3 is 0 Å². The Hall–Kier alpha value is -1.82. The molecule has 74 valence electrons. The molecule has 0 heterocycles. The molecule has 0 bridgehead atoms. The van der Waals surface area contributed by atoms with Gasteiger partial charge in [-0.2, -0.15) is 0 Å². The van der Waals surface area contributed by atoms with Crippen molar-refractivity contribution in [2.45, 2.75) is 6.92 Å². The van der Waals surface area contributed by atoms with E-state index in [1.54, 1.807) is 0 Å². The summed E-state index contributed by atoms with van der Waals surface area (Å²) in [7, 11) is 0. The highest BCUT2D eigenvalue weighted by molar-refractivity contribution is 5.49. The molecule has 0 N–H and O–H groups in total. The Morgan fingerprint density at radius 3 is 2.00 bits per heavy atom. The fourth-order valence-electron chi connectivity index (χ4n) is 1.63. The molecule has 0 atom stereocenters. The van der Waals surface area contributed by atoms with Crippen LogP contribution >= 0.6 is 0 Å². The van der Waals surface area contributed by atoms with Gasteiger partial charge in [0.25, 0.3) is 0 Å². The summed E-state index contributed by atoms with van der Waals surface area (Å²) in [6.45, 7) is 2.07. The quantitative estimate of drug-likeness (QED) is 0.653. The van der Waals surface area contributed by atoms with E-state index >= 15 is 0 Å². The molecule has 0 aliphatic heterocycles. The molecule has 0 unspecified atom stereocenters. The highest BCUT2D eigenvalue weighted by Gasteiger charge is 1.85. The van der Waals surface area contributed by atoms with E-state index in [4.69, 9.17) is 0 Å². The standard InChI is InChI=1S/C15H14/c1-2-14-10-6-7-11-15(14)12-13-8-4-3-5-9-13/h2-12H,1H3/b14-2-,15-12+. The molecule has 0 saturated carbocycles. The van der Waals surface area contributed by atoms with Crippen LogP contribution in [0.15, 0.2) is 54.6 Å². The Morgan fingerprint density at radius 1 is 0.733 bits per heavy atom. The fraction of sp³-hybridized carbons (Fsp3) is 0.0667. The van der Waals surface area contributed by atoms with E-state index in [-0.39, 0.29) is 0 Å². The predicted molar refractivity (Wildman–Crippen MR) is 65.8 cm³/mol. The van der Waals surface area contributed by atoms with Crippen molar-refractivity contribution in [3.05, 3.63) is 70.6 Å². The summed E-state index contributed by atoms with van der Waals surface area (Å²) in [5.41, 5.74) is 1.24. The summed E-state index contributed by atoms with van der Waals surface area (Å²) in [6, 6.07) is 18.8. The van der Waals surface area contributed by atoms with Crippen LogP contribution in [0.4, 0.5) is 0 Å². The van der Waals surface area contributed by atoms with Crippen LogP contribution in [0.5, 0.6) is 0 Å². The van der Waals surface area contributed by atoms with Crippen molar-refractivity contribution in [2.75, 3.05) is 0 Å².